The first-order valence-electron chi connectivity index (χ1n) is 7.48. The molecule has 0 aliphatic rings. The Morgan fingerprint density at radius 2 is 1.84 bits per heavy atom. The summed E-state index contributed by atoms with van der Waals surface area (Å²) >= 11 is 13.6. The fraction of sp³-hybridized carbons (Fsp3) is 0.0526. The van der Waals surface area contributed by atoms with Crippen LogP contribution in [0.25, 0.3) is 0 Å². The van der Waals surface area contributed by atoms with E-state index in [-0.39, 0.29) is 5.91 Å². The van der Waals surface area contributed by atoms with Gasteiger partial charge in [0.25, 0.3) is 5.91 Å². The van der Waals surface area contributed by atoms with Crippen LogP contribution in [0, 0.1) is 6.92 Å². The molecule has 6 heteroatoms. The van der Waals surface area contributed by atoms with Gasteiger partial charge in [0.05, 0.1) is 16.3 Å². The Hall–Kier alpha value is -2.14. The smallest absolute Gasteiger partial charge is 0.257 e. The van der Waals surface area contributed by atoms with Crippen molar-refractivity contribution in [2.45, 2.75) is 6.92 Å². The second-order valence-corrected chi connectivity index (χ2v) is 7.49. The molecule has 0 radical (unpaired) electrons. The fourth-order valence-electron chi connectivity index (χ4n) is 2.16. The van der Waals surface area contributed by atoms with Gasteiger partial charge in [0.2, 0.25) is 0 Å². The number of aryl methyl sites for hydroxylation is 1. The standard InChI is InChI=1S/C19H14Cl2N2OS/c1-12-2-8-16(25-12)11-22-14-4-6-15(7-5-14)23-19(24)17-9-3-13(20)10-18(17)21/h2-11H,1H3,(H,23,24). The number of carbonyl (C=O) groups is 1. The number of anilines is 1. The zero-order chi connectivity index (χ0) is 17.8. The lowest BCUT2D eigenvalue weighted by Gasteiger charge is -2.07. The normalized spacial score (nSPS) is 11.0. The number of thiophene rings is 1. The van der Waals surface area contributed by atoms with Crippen LogP contribution in [0.5, 0.6) is 0 Å². The van der Waals surface area contributed by atoms with Crippen LogP contribution in [0.15, 0.2) is 59.6 Å². The summed E-state index contributed by atoms with van der Waals surface area (Å²) < 4.78 is 0. The number of amides is 1. The average Bonchev–Trinajstić information content (AvgIpc) is 2.99. The van der Waals surface area contributed by atoms with Gasteiger partial charge in [-0.15, -0.1) is 11.3 Å². The van der Waals surface area contributed by atoms with E-state index in [1.165, 1.54) is 4.88 Å². The second-order valence-electron chi connectivity index (χ2n) is 5.33. The van der Waals surface area contributed by atoms with Crippen LogP contribution in [0.3, 0.4) is 0 Å². The molecule has 2 aromatic carbocycles. The molecule has 1 heterocycles. The van der Waals surface area contributed by atoms with E-state index >= 15 is 0 Å². The summed E-state index contributed by atoms with van der Waals surface area (Å²) in [6.45, 7) is 2.06. The molecular formula is C19H14Cl2N2OS. The Morgan fingerprint density at radius 3 is 2.48 bits per heavy atom. The van der Waals surface area contributed by atoms with Crippen LogP contribution in [-0.2, 0) is 0 Å². The van der Waals surface area contributed by atoms with Crippen LogP contribution >= 0.6 is 34.5 Å². The Bertz CT molecular complexity index is 933. The highest BCUT2D eigenvalue weighted by Gasteiger charge is 2.10. The van der Waals surface area contributed by atoms with Gasteiger partial charge < -0.3 is 5.32 Å². The van der Waals surface area contributed by atoms with Gasteiger partial charge in [-0.1, -0.05) is 23.2 Å². The van der Waals surface area contributed by atoms with Gasteiger partial charge in [-0.3, -0.25) is 9.79 Å². The first-order valence-corrected chi connectivity index (χ1v) is 9.05. The lowest BCUT2D eigenvalue weighted by atomic mass is 10.2. The predicted molar refractivity (Wildman–Crippen MR) is 107 cm³/mol. The molecule has 0 bridgehead atoms. The van der Waals surface area contributed by atoms with E-state index in [1.54, 1.807) is 41.7 Å². The van der Waals surface area contributed by atoms with E-state index in [2.05, 4.69) is 23.3 Å². The predicted octanol–water partition coefficient (Wildman–Crippen LogP) is 6.37. The fourth-order valence-corrected chi connectivity index (χ4v) is 3.41. The molecule has 3 aromatic rings. The first kappa shape index (κ1) is 17.7. The Morgan fingerprint density at radius 1 is 1.08 bits per heavy atom. The number of nitrogens with one attached hydrogen (secondary N) is 1. The van der Waals surface area contributed by atoms with Crippen molar-refractivity contribution in [2.24, 2.45) is 4.99 Å². The van der Waals surface area contributed by atoms with Crippen molar-refractivity contribution in [3.05, 3.63) is 80.0 Å². The molecule has 25 heavy (non-hydrogen) atoms. The van der Waals surface area contributed by atoms with E-state index in [0.29, 0.717) is 21.3 Å². The lowest BCUT2D eigenvalue weighted by molar-refractivity contribution is 0.102. The molecule has 1 N–H and O–H groups in total. The maximum atomic E-state index is 12.3. The third-order valence-electron chi connectivity index (χ3n) is 3.40. The van der Waals surface area contributed by atoms with E-state index in [4.69, 9.17) is 23.2 Å². The van der Waals surface area contributed by atoms with Crippen LogP contribution in [-0.4, -0.2) is 12.1 Å². The molecule has 3 rings (SSSR count). The molecule has 0 fully saturated rings. The maximum Gasteiger partial charge on any atom is 0.257 e. The highest BCUT2D eigenvalue weighted by molar-refractivity contribution is 7.13. The zero-order valence-electron chi connectivity index (χ0n) is 13.3. The number of rotatable bonds is 4. The summed E-state index contributed by atoms with van der Waals surface area (Å²) in [4.78, 5) is 19.1. The number of nitrogens with zero attached hydrogens (tertiary/aromatic N) is 1. The molecular weight excluding hydrogens is 375 g/mol. The molecule has 0 saturated carbocycles. The molecule has 0 aliphatic carbocycles. The van der Waals surface area contributed by atoms with Crippen LogP contribution in [0.1, 0.15) is 20.1 Å². The number of hydrogen-bond donors (Lipinski definition) is 1. The lowest BCUT2D eigenvalue weighted by Crippen LogP contribution is -2.12. The highest BCUT2D eigenvalue weighted by atomic mass is 35.5. The number of carbonyl (C=O) groups excluding carboxylic acids is 1. The van der Waals surface area contributed by atoms with Crippen molar-refractivity contribution in [1.82, 2.24) is 0 Å². The highest BCUT2D eigenvalue weighted by Crippen LogP contribution is 2.23. The summed E-state index contributed by atoms with van der Waals surface area (Å²) in [6.07, 6.45) is 1.83. The van der Waals surface area contributed by atoms with Crippen molar-refractivity contribution in [3.8, 4) is 0 Å². The minimum atomic E-state index is -0.285. The zero-order valence-corrected chi connectivity index (χ0v) is 15.6. The summed E-state index contributed by atoms with van der Waals surface area (Å²) in [5.74, 6) is -0.285. The maximum absolute atomic E-state index is 12.3. The van der Waals surface area contributed by atoms with Gasteiger partial charge in [-0.2, -0.15) is 0 Å². The van der Waals surface area contributed by atoms with Gasteiger partial charge in [-0.05, 0) is 61.5 Å². The van der Waals surface area contributed by atoms with Crippen molar-refractivity contribution in [3.63, 3.8) is 0 Å². The van der Waals surface area contributed by atoms with Gasteiger partial charge in [0.1, 0.15) is 0 Å². The van der Waals surface area contributed by atoms with Crippen LogP contribution in [0.2, 0.25) is 10.0 Å². The monoisotopic (exact) mass is 388 g/mol. The second kappa shape index (κ2) is 7.83. The summed E-state index contributed by atoms with van der Waals surface area (Å²) in [6, 6.07) is 16.2. The number of hydrogen-bond acceptors (Lipinski definition) is 3. The van der Waals surface area contributed by atoms with Crippen molar-refractivity contribution in [1.29, 1.82) is 0 Å². The Labute approximate surface area is 159 Å². The summed E-state index contributed by atoms with van der Waals surface area (Å²) in [5, 5.41) is 3.61. The quantitative estimate of drug-likeness (QED) is 0.518. The Kier molecular flexibility index (Phi) is 5.53. The first-order chi connectivity index (χ1) is 12.0. The molecule has 3 nitrogen and oxygen atoms in total. The van der Waals surface area contributed by atoms with E-state index < -0.39 is 0 Å². The third kappa shape index (κ3) is 4.69. The summed E-state index contributed by atoms with van der Waals surface area (Å²) in [7, 11) is 0. The molecule has 0 spiro atoms. The number of halogens is 2. The van der Waals surface area contributed by atoms with E-state index in [9.17, 15) is 4.79 Å². The molecule has 0 unspecified atom stereocenters. The molecule has 0 atom stereocenters. The molecule has 1 aromatic heterocycles. The SMILES string of the molecule is Cc1ccc(C=Nc2ccc(NC(=O)c3ccc(Cl)cc3Cl)cc2)s1. The molecule has 0 saturated heterocycles. The van der Waals surface area contributed by atoms with Crippen molar-refractivity contribution in [2.75, 3.05) is 5.32 Å². The van der Waals surface area contributed by atoms with Gasteiger partial charge >= 0.3 is 0 Å². The van der Waals surface area contributed by atoms with Crippen molar-refractivity contribution >= 4 is 58.0 Å². The van der Waals surface area contributed by atoms with E-state index in [0.717, 1.165) is 10.6 Å². The van der Waals surface area contributed by atoms with Crippen molar-refractivity contribution < 1.29 is 4.79 Å². The minimum absolute atomic E-state index is 0.285. The topological polar surface area (TPSA) is 41.5 Å². The van der Waals surface area contributed by atoms with Crippen LogP contribution < -0.4 is 5.32 Å². The largest absolute Gasteiger partial charge is 0.322 e. The molecule has 126 valence electrons. The molecule has 0 aliphatic heterocycles. The third-order valence-corrected chi connectivity index (χ3v) is 4.89. The molecule has 1 amide bonds. The van der Waals surface area contributed by atoms with Gasteiger partial charge in [0.15, 0.2) is 0 Å². The Balaban J connectivity index is 1.68. The van der Waals surface area contributed by atoms with Gasteiger partial charge in [-0.25, -0.2) is 0 Å². The van der Waals surface area contributed by atoms with Crippen LogP contribution in [0.4, 0.5) is 11.4 Å². The summed E-state index contributed by atoms with van der Waals surface area (Å²) in [5.41, 5.74) is 1.86. The van der Waals surface area contributed by atoms with Gasteiger partial charge in [0, 0.05) is 26.7 Å². The van der Waals surface area contributed by atoms with E-state index in [1.807, 2.05) is 24.4 Å². The minimum Gasteiger partial charge on any atom is -0.322 e. The average molecular weight is 389 g/mol. The number of benzene rings is 2. The number of aliphatic imine (C=N–C) groups is 1.